The summed E-state index contributed by atoms with van der Waals surface area (Å²) in [6.07, 6.45) is 1.60. The van der Waals surface area contributed by atoms with E-state index in [2.05, 4.69) is 10.6 Å². The summed E-state index contributed by atoms with van der Waals surface area (Å²) < 4.78 is 24.2. The van der Waals surface area contributed by atoms with Crippen molar-refractivity contribution < 1.29 is 23.5 Å². The molecular formula is C22H25FN2O4. The summed E-state index contributed by atoms with van der Waals surface area (Å²) in [6.45, 7) is 2.97. The van der Waals surface area contributed by atoms with Gasteiger partial charge in [0.15, 0.2) is 6.10 Å². The van der Waals surface area contributed by atoms with Crippen molar-refractivity contribution in [1.29, 1.82) is 0 Å². The lowest BCUT2D eigenvalue weighted by Crippen LogP contribution is -2.35. The highest BCUT2D eigenvalue weighted by Crippen LogP contribution is 2.19. The number of hydrogen-bond acceptors (Lipinski definition) is 4. The Labute approximate surface area is 169 Å². The third-order valence-corrected chi connectivity index (χ3v) is 4.70. The fraction of sp³-hybridized carbons (Fsp3) is 0.364. The Morgan fingerprint density at radius 1 is 1.21 bits per heavy atom. The van der Waals surface area contributed by atoms with E-state index in [9.17, 15) is 14.0 Å². The normalized spacial score (nSPS) is 16.8. The Kier molecular flexibility index (Phi) is 7.19. The lowest BCUT2D eigenvalue weighted by molar-refractivity contribution is -0.122. The Morgan fingerprint density at radius 3 is 2.66 bits per heavy atom. The molecule has 1 saturated heterocycles. The quantitative estimate of drug-likeness (QED) is 0.711. The summed E-state index contributed by atoms with van der Waals surface area (Å²) in [4.78, 5) is 25.3. The van der Waals surface area contributed by atoms with Crippen molar-refractivity contribution in [3.8, 4) is 5.75 Å². The number of anilines is 1. The van der Waals surface area contributed by atoms with Crippen molar-refractivity contribution in [2.45, 2.75) is 38.4 Å². The zero-order chi connectivity index (χ0) is 20.6. The van der Waals surface area contributed by atoms with Crippen LogP contribution in [0.3, 0.4) is 0 Å². The average molecular weight is 400 g/mol. The zero-order valence-corrected chi connectivity index (χ0v) is 16.3. The summed E-state index contributed by atoms with van der Waals surface area (Å²) in [7, 11) is 0. The molecule has 2 amide bonds. The smallest absolute Gasteiger partial charge is 0.265 e. The molecule has 7 heteroatoms. The number of benzene rings is 2. The van der Waals surface area contributed by atoms with Crippen molar-refractivity contribution >= 4 is 17.5 Å². The molecule has 1 aliphatic rings. The molecule has 2 aromatic rings. The first-order valence-corrected chi connectivity index (χ1v) is 9.78. The number of rotatable bonds is 8. The van der Waals surface area contributed by atoms with Crippen LogP contribution in [-0.2, 0) is 9.53 Å². The second-order valence-electron chi connectivity index (χ2n) is 6.85. The van der Waals surface area contributed by atoms with Crippen molar-refractivity contribution in [2.75, 3.05) is 18.5 Å². The molecular weight excluding hydrogens is 375 g/mol. The molecule has 0 radical (unpaired) electrons. The summed E-state index contributed by atoms with van der Waals surface area (Å²) in [6, 6.07) is 12.3. The average Bonchev–Trinajstić information content (AvgIpc) is 3.25. The zero-order valence-electron chi connectivity index (χ0n) is 16.3. The first kappa shape index (κ1) is 20.8. The minimum Gasteiger partial charge on any atom is -0.481 e. The maximum absolute atomic E-state index is 13.1. The molecule has 2 aromatic carbocycles. The number of hydrogen-bond donors (Lipinski definition) is 2. The summed E-state index contributed by atoms with van der Waals surface area (Å²) in [5, 5.41) is 5.63. The van der Waals surface area contributed by atoms with Gasteiger partial charge in [0.1, 0.15) is 11.6 Å². The van der Waals surface area contributed by atoms with Crippen LogP contribution in [0.4, 0.5) is 10.1 Å². The number of nitrogens with one attached hydrogen (secondary N) is 2. The van der Waals surface area contributed by atoms with Crippen LogP contribution in [0.5, 0.6) is 5.75 Å². The van der Waals surface area contributed by atoms with E-state index in [4.69, 9.17) is 9.47 Å². The highest BCUT2D eigenvalue weighted by Gasteiger charge is 2.22. The van der Waals surface area contributed by atoms with Gasteiger partial charge in [0.05, 0.1) is 17.4 Å². The largest absolute Gasteiger partial charge is 0.481 e. The minimum atomic E-state index is -0.775. The fourth-order valence-corrected chi connectivity index (χ4v) is 3.11. The minimum absolute atomic E-state index is 0.0364. The number of ether oxygens (including phenoxy) is 2. The van der Waals surface area contributed by atoms with Gasteiger partial charge in [0, 0.05) is 13.2 Å². The monoisotopic (exact) mass is 400 g/mol. The number of para-hydroxylation sites is 1. The Morgan fingerprint density at radius 2 is 1.97 bits per heavy atom. The van der Waals surface area contributed by atoms with Crippen LogP contribution in [0.2, 0.25) is 0 Å². The van der Waals surface area contributed by atoms with Gasteiger partial charge in [-0.1, -0.05) is 19.1 Å². The molecule has 0 saturated carbocycles. The van der Waals surface area contributed by atoms with Crippen molar-refractivity contribution in [3.05, 3.63) is 59.9 Å². The second kappa shape index (κ2) is 10.0. The summed E-state index contributed by atoms with van der Waals surface area (Å²) in [5.74, 6) is -0.631. The van der Waals surface area contributed by atoms with Crippen LogP contribution in [0.15, 0.2) is 48.5 Å². The second-order valence-corrected chi connectivity index (χ2v) is 6.85. The molecule has 0 aromatic heterocycles. The molecule has 2 atom stereocenters. The van der Waals surface area contributed by atoms with Gasteiger partial charge in [0.25, 0.3) is 11.8 Å². The lowest BCUT2D eigenvalue weighted by atomic mass is 10.1. The van der Waals surface area contributed by atoms with Crippen LogP contribution >= 0.6 is 0 Å². The van der Waals surface area contributed by atoms with Gasteiger partial charge < -0.3 is 20.1 Å². The number of carbonyl (C=O) groups excluding carboxylic acids is 2. The predicted molar refractivity (Wildman–Crippen MR) is 107 cm³/mol. The fourth-order valence-electron chi connectivity index (χ4n) is 3.11. The van der Waals surface area contributed by atoms with Crippen LogP contribution in [0.1, 0.15) is 36.5 Å². The summed E-state index contributed by atoms with van der Waals surface area (Å²) in [5.41, 5.74) is 0.777. The SMILES string of the molecule is CC[C@@H](Oc1ccc(F)cc1)C(=O)Nc1ccccc1C(=O)NC[C@H]1CCCO1. The van der Waals surface area contributed by atoms with Gasteiger partial charge in [-0.2, -0.15) is 0 Å². The van der Waals surface area contributed by atoms with Crippen LogP contribution in [0, 0.1) is 5.82 Å². The van der Waals surface area contributed by atoms with Crippen LogP contribution in [-0.4, -0.2) is 37.2 Å². The van der Waals surface area contributed by atoms with Gasteiger partial charge >= 0.3 is 0 Å². The molecule has 6 nitrogen and oxygen atoms in total. The molecule has 1 aliphatic heterocycles. The highest BCUT2D eigenvalue weighted by atomic mass is 19.1. The van der Waals surface area contributed by atoms with Crippen molar-refractivity contribution in [1.82, 2.24) is 5.32 Å². The van der Waals surface area contributed by atoms with Crippen molar-refractivity contribution in [3.63, 3.8) is 0 Å². The molecule has 1 fully saturated rings. The van der Waals surface area contributed by atoms with E-state index in [1.807, 2.05) is 6.92 Å². The lowest BCUT2D eigenvalue weighted by Gasteiger charge is -2.19. The topological polar surface area (TPSA) is 76.7 Å². The highest BCUT2D eigenvalue weighted by molar-refractivity contribution is 6.04. The predicted octanol–water partition coefficient (Wildman–Crippen LogP) is 3.53. The Hall–Kier alpha value is -2.93. The van der Waals surface area contributed by atoms with E-state index < -0.39 is 6.10 Å². The molecule has 154 valence electrons. The van der Waals surface area contributed by atoms with Crippen LogP contribution < -0.4 is 15.4 Å². The van der Waals surface area contributed by atoms with E-state index in [0.717, 1.165) is 19.4 Å². The Balaban J connectivity index is 1.64. The molecule has 0 bridgehead atoms. The van der Waals surface area contributed by atoms with Gasteiger partial charge in [-0.3, -0.25) is 9.59 Å². The summed E-state index contributed by atoms with van der Waals surface area (Å²) >= 11 is 0. The standard InChI is InChI=1S/C22H25FN2O4/c1-2-20(29-16-11-9-15(23)10-12-16)22(27)25-19-8-4-3-7-18(19)21(26)24-14-17-6-5-13-28-17/h3-4,7-12,17,20H,2,5-6,13-14H2,1H3,(H,24,26)(H,25,27)/t17-,20-/m1/s1. The molecule has 2 N–H and O–H groups in total. The van der Waals surface area contributed by atoms with E-state index >= 15 is 0 Å². The number of carbonyl (C=O) groups is 2. The van der Waals surface area contributed by atoms with Gasteiger partial charge in [-0.25, -0.2) is 4.39 Å². The van der Waals surface area contributed by atoms with E-state index in [0.29, 0.717) is 30.0 Å². The third kappa shape index (κ3) is 5.77. The van der Waals surface area contributed by atoms with E-state index in [1.54, 1.807) is 24.3 Å². The van der Waals surface area contributed by atoms with Gasteiger partial charge in [-0.05, 0) is 55.7 Å². The first-order valence-electron chi connectivity index (χ1n) is 9.78. The third-order valence-electron chi connectivity index (χ3n) is 4.70. The maximum atomic E-state index is 13.1. The van der Waals surface area contributed by atoms with E-state index in [-0.39, 0.29) is 23.7 Å². The van der Waals surface area contributed by atoms with Crippen molar-refractivity contribution in [2.24, 2.45) is 0 Å². The van der Waals surface area contributed by atoms with E-state index in [1.165, 1.54) is 24.3 Å². The van der Waals surface area contributed by atoms with Crippen LogP contribution in [0.25, 0.3) is 0 Å². The first-order chi connectivity index (χ1) is 14.1. The molecule has 0 unspecified atom stereocenters. The molecule has 29 heavy (non-hydrogen) atoms. The molecule has 3 rings (SSSR count). The maximum Gasteiger partial charge on any atom is 0.265 e. The Bertz CT molecular complexity index is 835. The molecule has 1 heterocycles. The molecule has 0 aliphatic carbocycles. The number of halogens is 1. The number of amides is 2. The van der Waals surface area contributed by atoms with Gasteiger partial charge in [0.2, 0.25) is 0 Å². The van der Waals surface area contributed by atoms with Gasteiger partial charge in [-0.15, -0.1) is 0 Å². The molecule has 0 spiro atoms.